The minimum absolute atomic E-state index is 0.319. The van der Waals surface area contributed by atoms with E-state index >= 15 is 0 Å². The van der Waals surface area contributed by atoms with E-state index in [1.807, 2.05) is 6.08 Å². The van der Waals surface area contributed by atoms with Crippen LogP contribution >= 0.6 is 0 Å². The lowest BCUT2D eigenvalue weighted by atomic mass is 10.2. The summed E-state index contributed by atoms with van der Waals surface area (Å²) in [4.78, 5) is 0. The van der Waals surface area contributed by atoms with E-state index in [0.717, 1.165) is 19.4 Å². The van der Waals surface area contributed by atoms with Crippen molar-refractivity contribution in [1.29, 1.82) is 0 Å². The molecule has 0 amide bonds. The molecule has 0 aliphatic carbocycles. The molecule has 3 heteroatoms. The fourth-order valence-electron chi connectivity index (χ4n) is 1.31. The maximum atomic E-state index is 6.16. The summed E-state index contributed by atoms with van der Waals surface area (Å²) in [5, 5.41) is 0.319. The van der Waals surface area contributed by atoms with Gasteiger partial charge in [0.15, 0.2) is 8.32 Å². The topological polar surface area (TPSA) is 9.23 Å². The lowest BCUT2D eigenvalue weighted by Gasteiger charge is -2.36. The van der Waals surface area contributed by atoms with Gasteiger partial charge in [0.05, 0.1) is 0 Å². The summed E-state index contributed by atoms with van der Waals surface area (Å²) in [5.41, 5.74) is 3.34. The molecule has 0 saturated carbocycles. The highest BCUT2D eigenvalue weighted by atomic mass is 28.4. The van der Waals surface area contributed by atoms with Crippen molar-refractivity contribution in [3.05, 3.63) is 12.2 Å². The van der Waals surface area contributed by atoms with E-state index in [9.17, 15) is 0 Å². The Kier molecular flexibility index (Phi) is 8.09. The SMILES string of the molecule is CC(C)(C)[Si](C)(C)OCCCC/C=C\C#C[Si](C)(C)C. The van der Waals surface area contributed by atoms with E-state index in [4.69, 9.17) is 4.43 Å². The van der Waals surface area contributed by atoms with Crippen LogP contribution in [-0.2, 0) is 4.43 Å². The van der Waals surface area contributed by atoms with Gasteiger partial charge in [-0.3, -0.25) is 0 Å². The van der Waals surface area contributed by atoms with Gasteiger partial charge in [0, 0.05) is 6.61 Å². The van der Waals surface area contributed by atoms with Crippen molar-refractivity contribution in [2.24, 2.45) is 0 Å². The third kappa shape index (κ3) is 9.57. The van der Waals surface area contributed by atoms with E-state index in [0.29, 0.717) is 5.04 Å². The van der Waals surface area contributed by atoms with E-state index in [-0.39, 0.29) is 0 Å². The number of unbranched alkanes of at least 4 members (excludes halogenated alkanes) is 2. The Morgan fingerprint density at radius 2 is 1.60 bits per heavy atom. The van der Waals surface area contributed by atoms with Crippen LogP contribution < -0.4 is 0 Å². The fourth-order valence-corrected chi connectivity index (χ4v) is 2.91. The average molecular weight is 311 g/mol. The Morgan fingerprint density at radius 1 is 1.00 bits per heavy atom. The van der Waals surface area contributed by atoms with Crippen LogP contribution in [0, 0.1) is 11.5 Å². The van der Waals surface area contributed by atoms with Crippen LogP contribution in [0.1, 0.15) is 40.0 Å². The van der Waals surface area contributed by atoms with Gasteiger partial charge in [-0.05, 0) is 43.5 Å². The molecular formula is C17H34OSi2. The summed E-state index contributed by atoms with van der Waals surface area (Å²) >= 11 is 0. The molecule has 0 rings (SSSR count). The highest BCUT2D eigenvalue weighted by Crippen LogP contribution is 2.36. The van der Waals surface area contributed by atoms with Gasteiger partial charge in [0.2, 0.25) is 0 Å². The van der Waals surface area contributed by atoms with E-state index in [1.165, 1.54) is 6.42 Å². The first-order valence-corrected chi connectivity index (χ1v) is 14.2. The molecule has 0 fully saturated rings. The maximum Gasteiger partial charge on any atom is 0.191 e. The summed E-state index contributed by atoms with van der Waals surface area (Å²) in [5.74, 6) is 3.17. The molecule has 1 nitrogen and oxygen atoms in total. The van der Waals surface area contributed by atoms with Crippen molar-refractivity contribution < 1.29 is 4.43 Å². The summed E-state index contributed by atoms with van der Waals surface area (Å²) in [7, 11) is -2.75. The molecule has 0 aromatic carbocycles. The maximum absolute atomic E-state index is 6.16. The van der Waals surface area contributed by atoms with Crippen molar-refractivity contribution in [2.45, 2.75) is 77.8 Å². The van der Waals surface area contributed by atoms with Crippen molar-refractivity contribution in [3.63, 3.8) is 0 Å². The molecule has 116 valence electrons. The normalized spacial score (nSPS) is 13.4. The Labute approximate surface area is 129 Å². The third-order valence-electron chi connectivity index (χ3n) is 3.68. The van der Waals surface area contributed by atoms with Crippen LogP contribution in [0.25, 0.3) is 0 Å². The van der Waals surface area contributed by atoms with E-state index in [1.54, 1.807) is 0 Å². The van der Waals surface area contributed by atoms with Crippen LogP contribution in [0.4, 0.5) is 0 Å². The first-order valence-electron chi connectivity index (χ1n) is 7.77. The van der Waals surface area contributed by atoms with Crippen molar-refractivity contribution >= 4 is 16.4 Å². The molecule has 0 bridgehead atoms. The third-order valence-corrected chi connectivity index (χ3v) is 9.12. The Bertz CT molecular complexity index is 359. The minimum Gasteiger partial charge on any atom is -0.417 e. The molecule has 0 aromatic rings. The second-order valence-electron chi connectivity index (χ2n) is 8.03. The predicted molar refractivity (Wildman–Crippen MR) is 97.3 cm³/mol. The van der Waals surface area contributed by atoms with Gasteiger partial charge in [-0.15, -0.1) is 5.54 Å². The summed E-state index contributed by atoms with van der Waals surface area (Å²) < 4.78 is 6.16. The molecule has 0 unspecified atom stereocenters. The van der Waals surface area contributed by atoms with Crippen molar-refractivity contribution in [3.8, 4) is 11.5 Å². The number of hydrogen-bond acceptors (Lipinski definition) is 1. The quantitative estimate of drug-likeness (QED) is 0.352. The summed E-state index contributed by atoms with van der Waals surface area (Å²) in [6, 6.07) is 0. The molecular weight excluding hydrogens is 276 g/mol. The lowest BCUT2D eigenvalue weighted by Crippen LogP contribution is -2.40. The van der Waals surface area contributed by atoms with Crippen LogP contribution in [0.5, 0.6) is 0 Å². The molecule has 0 aromatic heterocycles. The Morgan fingerprint density at radius 3 is 2.10 bits per heavy atom. The van der Waals surface area contributed by atoms with Gasteiger partial charge in [-0.2, -0.15) is 0 Å². The van der Waals surface area contributed by atoms with Crippen LogP contribution in [0.2, 0.25) is 37.8 Å². The Hall–Kier alpha value is -0.306. The monoisotopic (exact) mass is 310 g/mol. The van der Waals surface area contributed by atoms with E-state index < -0.39 is 16.4 Å². The highest BCUT2D eigenvalue weighted by molar-refractivity contribution is 6.83. The van der Waals surface area contributed by atoms with Gasteiger partial charge in [0.1, 0.15) is 8.07 Å². The number of allylic oxidation sites excluding steroid dienone is 2. The largest absolute Gasteiger partial charge is 0.417 e. The zero-order valence-electron chi connectivity index (χ0n) is 14.9. The first-order chi connectivity index (χ1) is 8.96. The smallest absolute Gasteiger partial charge is 0.191 e. The summed E-state index contributed by atoms with van der Waals surface area (Å²) in [6.07, 6.45) is 7.67. The average Bonchev–Trinajstić information content (AvgIpc) is 2.23. The fraction of sp³-hybridized carbons (Fsp3) is 0.765. The lowest BCUT2D eigenvalue weighted by molar-refractivity contribution is 0.279. The van der Waals surface area contributed by atoms with Crippen molar-refractivity contribution in [1.82, 2.24) is 0 Å². The first kappa shape index (κ1) is 19.7. The molecule has 0 N–H and O–H groups in total. The molecule has 0 heterocycles. The standard InChI is InChI=1S/C17H34OSi2/c1-17(2,3)20(7,8)18-15-13-11-9-10-12-14-16-19(4,5)6/h10,12H,9,11,13,15H2,1-8H3/b12-10-. The highest BCUT2D eigenvalue weighted by Gasteiger charge is 2.36. The Balaban J connectivity index is 3.79. The van der Waals surface area contributed by atoms with Gasteiger partial charge in [-0.25, -0.2) is 0 Å². The molecule has 0 aliphatic rings. The number of rotatable bonds is 6. The molecule has 0 atom stereocenters. The zero-order chi connectivity index (χ0) is 15.9. The van der Waals surface area contributed by atoms with Gasteiger partial charge >= 0.3 is 0 Å². The van der Waals surface area contributed by atoms with Gasteiger partial charge in [-0.1, -0.05) is 52.4 Å². The van der Waals surface area contributed by atoms with Crippen LogP contribution in [0.3, 0.4) is 0 Å². The predicted octanol–water partition coefficient (Wildman–Crippen LogP) is 5.62. The molecule has 0 saturated heterocycles. The molecule has 0 spiro atoms. The second-order valence-corrected chi connectivity index (χ2v) is 17.6. The molecule has 0 radical (unpaired) electrons. The minimum atomic E-state index is -1.54. The summed E-state index contributed by atoms with van der Waals surface area (Å²) in [6.45, 7) is 19.2. The number of hydrogen-bond donors (Lipinski definition) is 0. The van der Waals surface area contributed by atoms with Gasteiger partial charge in [0.25, 0.3) is 0 Å². The molecule has 0 aliphatic heterocycles. The van der Waals surface area contributed by atoms with Crippen LogP contribution in [-0.4, -0.2) is 23.0 Å². The zero-order valence-corrected chi connectivity index (χ0v) is 16.9. The van der Waals surface area contributed by atoms with E-state index in [2.05, 4.69) is 71.0 Å². The van der Waals surface area contributed by atoms with Crippen molar-refractivity contribution in [2.75, 3.05) is 6.61 Å². The van der Waals surface area contributed by atoms with Crippen LogP contribution in [0.15, 0.2) is 12.2 Å². The second kappa shape index (κ2) is 8.21. The molecule has 20 heavy (non-hydrogen) atoms. The van der Waals surface area contributed by atoms with Gasteiger partial charge < -0.3 is 4.43 Å².